The van der Waals surface area contributed by atoms with Crippen LogP contribution in [0.15, 0.2) is 30.5 Å². The van der Waals surface area contributed by atoms with Crippen LogP contribution in [-0.4, -0.2) is 16.1 Å². The van der Waals surface area contributed by atoms with Crippen LogP contribution < -0.4 is 5.73 Å². The van der Waals surface area contributed by atoms with Crippen LogP contribution in [0.2, 0.25) is 0 Å². The van der Waals surface area contributed by atoms with Gasteiger partial charge >= 0.3 is 0 Å². The molecule has 1 aromatic heterocycles. The lowest BCUT2D eigenvalue weighted by molar-refractivity contribution is 0.0996. The van der Waals surface area contributed by atoms with E-state index in [-0.39, 0.29) is 11.5 Å². The maximum atomic E-state index is 12.7. The van der Waals surface area contributed by atoms with Crippen LogP contribution in [0.1, 0.15) is 10.5 Å². The lowest BCUT2D eigenvalue weighted by Crippen LogP contribution is -2.12. The van der Waals surface area contributed by atoms with E-state index in [0.717, 1.165) is 0 Å². The second-order valence-corrected chi connectivity index (χ2v) is 3.02. The molecule has 1 amide bonds. The first-order chi connectivity index (χ1) is 7.18. The van der Waals surface area contributed by atoms with E-state index < -0.39 is 5.91 Å². The zero-order valence-electron chi connectivity index (χ0n) is 7.70. The molecule has 0 unspecified atom stereocenters. The van der Waals surface area contributed by atoms with E-state index in [1.165, 1.54) is 12.1 Å². The van der Waals surface area contributed by atoms with Gasteiger partial charge in [-0.1, -0.05) is 12.1 Å². The van der Waals surface area contributed by atoms with E-state index in [1.807, 2.05) is 0 Å². The maximum absolute atomic E-state index is 12.7. The van der Waals surface area contributed by atoms with Crippen molar-refractivity contribution in [2.75, 3.05) is 0 Å². The van der Waals surface area contributed by atoms with E-state index in [0.29, 0.717) is 11.1 Å². The molecule has 0 radical (unpaired) electrons. The van der Waals surface area contributed by atoms with Gasteiger partial charge in [0.1, 0.15) is 5.82 Å². The van der Waals surface area contributed by atoms with Crippen molar-refractivity contribution in [3.05, 3.63) is 42.0 Å². The van der Waals surface area contributed by atoms with Crippen LogP contribution in [0, 0.1) is 5.82 Å². The summed E-state index contributed by atoms with van der Waals surface area (Å²) in [6.07, 6.45) is 1.55. The molecule has 4 nitrogen and oxygen atoms in total. The number of carbonyl (C=O) groups excluding carboxylic acids is 1. The van der Waals surface area contributed by atoms with Crippen LogP contribution >= 0.6 is 0 Å². The Kier molecular flexibility index (Phi) is 2.21. The summed E-state index contributed by atoms with van der Waals surface area (Å²) < 4.78 is 12.7. The number of primary amides is 1. The number of amides is 1. The van der Waals surface area contributed by atoms with Crippen molar-refractivity contribution < 1.29 is 9.18 Å². The molecule has 2 aromatic rings. The van der Waals surface area contributed by atoms with Crippen molar-refractivity contribution in [3.8, 4) is 11.1 Å². The number of nitrogens with zero attached hydrogens (tertiary/aromatic N) is 1. The molecule has 0 aliphatic rings. The summed E-state index contributed by atoms with van der Waals surface area (Å²) in [7, 11) is 0. The van der Waals surface area contributed by atoms with Gasteiger partial charge in [-0.25, -0.2) is 4.39 Å². The Hall–Kier alpha value is -2.17. The molecule has 0 atom stereocenters. The Morgan fingerprint density at radius 3 is 2.60 bits per heavy atom. The third-order valence-corrected chi connectivity index (χ3v) is 2.03. The van der Waals surface area contributed by atoms with Crippen molar-refractivity contribution >= 4 is 5.91 Å². The summed E-state index contributed by atoms with van der Waals surface area (Å²) in [4.78, 5) is 11.0. The second kappa shape index (κ2) is 3.53. The van der Waals surface area contributed by atoms with Gasteiger partial charge in [0, 0.05) is 11.8 Å². The zero-order valence-corrected chi connectivity index (χ0v) is 7.70. The molecular formula is C10H8FN3O. The lowest BCUT2D eigenvalue weighted by Gasteiger charge is -1.98. The maximum Gasteiger partial charge on any atom is 0.269 e. The molecule has 76 valence electrons. The summed E-state index contributed by atoms with van der Waals surface area (Å²) in [5, 5.41) is 6.27. The normalized spacial score (nSPS) is 10.2. The molecule has 0 aliphatic carbocycles. The summed E-state index contributed by atoms with van der Waals surface area (Å²) >= 11 is 0. The zero-order chi connectivity index (χ0) is 10.8. The Labute approximate surface area is 84.9 Å². The number of carbonyl (C=O) groups is 1. The minimum absolute atomic E-state index is 0.154. The number of H-pyrrole nitrogens is 1. The van der Waals surface area contributed by atoms with E-state index in [4.69, 9.17) is 5.73 Å². The molecule has 0 saturated carbocycles. The predicted molar refractivity (Wildman–Crippen MR) is 52.5 cm³/mol. The van der Waals surface area contributed by atoms with E-state index >= 15 is 0 Å². The van der Waals surface area contributed by atoms with Gasteiger partial charge in [0.15, 0.2) is 5.69 Å². The van der Waals surface area contributed by atoms with Gasteiger partial charge in [-0.05, 0) is 17.7 Å². The molecule has 0 saturated heterocycles. The van der Waals surface area contributed by atoms with Crippen molar-refractivity contribution in [2.45, 2.75) is 0 Å². The van der Waals surface area contributed by atoms with Crippen molar-refractivity contribution in [1.29, 1.82) is 0 Å². The number of hydrogen-bond donors (Lipinski definition) is 2. The average molecular weight is 205 g/mol. The first-order valence-electron chi connectivity index (χ1n) is 4.28. The second-order valence-electron chi connectivity index (χ2n) is 3.02. The molecule has 3 N–H and O–H groups in total. The standard InChI is InChI=1S/C10H8FN3O/c11-7-3-1-6(2-4-7)8-5-13-14-9(8)10(12)15/h1-5H,(H2,12,15)(H,13,14). The summed E-state index contributed by atoms with van der Waals surface area (Å²) in [6.45, 7) is 0. The van der Waals surface area contributed by atoms with E-state index in [9.17, 15) is 9.18 Å². The largest absolute Gasteiger partial charge is 0.364 e. The molecule has 2 rings (SSSR count). The highest BCUT2D eigenvalue weighted by Gasteiger charge is 2.12. The molecule has 1 aromatic carbocycles. The summed E-state index contributed by atoms with van der Waals surface area (Å²) in [6, 6.07) is 5.75. The van der Waals surface area contributed by atoms with Gasteiger partial charge in [-0.15, -0.1) is 0 Å². The highest BCUT2D eigenvalue weighted by molar-refractivity contribution is 5.97. The molecule has 0 fully saturated rings. The number of benzene rings is 1. The van der Waals surface area contributed by atoms with Crippen molar-refractivity contribution in [1.82, 2.24) is 10.2 Å². The van der Waals surface area contributed by atoms with Gasteiger partial charge in [0.05, 0.1) is 0 Å². The van der Waals surface area contributed by atoms with Gasteiger partial charge in [-0.2, -0.15) is 5.10 Å². The minimum Gasteiger partial charge on any atom is -0.364 e. The van der Waals surface area contributed by atoms with Crippen molar-refractivity contribution in [2.24, 2.45) is 5.73 Å². The molecule has 0 bridgehead atoms. The molecule has 0 spiro atoms. The first kappa shape index (κ1) is 9.39. The Morgan fingerprint density at radius 2 is 2.00 bits per heavy atom. The summed E-state index contributed by atoms with van der Waals surface area (Å²) in [5.41, 5.74) is 6.55. The van der Waals surface area contributed by atoms with Crippen molar-refractivity contribution in [3.63, 3.8) is 0 Å². The molecular weight excluding hydrogens is 197 g/mol. The third-order valence-electron chi connectivity index (χ3n) is 2.03. The highest BCUT2D eigenvalue weighted by atomic mass is 19.1. The number of aromatic nitrogens is 2. The van der Waals surface area contributed by atoms with E-state index in [2.05, 4.69) is 10.2 Å². The predicted octanol–water partition coefficient (Wildman–Crippen LogP) is 1.31. The van der Waals surface area contributed by atoms with Crippen LogP contribution in [0.5, 0.6) is 0 Å². The fourth-order valence-corrected chi connectivity index (χ4v) is 1.33. The Balaban J connectivity index is 2.49. The van der Waals surface area contributed by atoms with Gasteiger partial charge in [0.25, 0.3) is 5.91 Å². The van der Waals surface area contributed by atoms with Gasteiger partial charge in [0.2, 0.25) is 0 Å². The van der Waals surface area contributed by atoms with Gasteiger partial charge < -0.3 is 5.73 Å². The quantitative estimate of drug-likeness (QED) is 0.775. The topological polar surface area (TPSA) is 71.8 Å². The minimum atomic E-state index is -0.615. The molecule has 5 heteroatoms. The number of nitrogens with one attached hydrogen (secondary N) is 1. The SMILES string of the molecule is NC(=O)c1n[nH]cc1-c1ccc(F)cc1. The van der Waals surface area contributed by atoms with Crippen LogP contribution in [0.25, 0.3) is 11.1 Å². The molecule has 0 aliphatic heterocycles. The number of hydrogen-bond acceptors (Lipinski definition) is 2. The van der Waals surface area contributed by atoms with Crippen LogP contribution in [0.3, 0.4) is 0 Å². The Morgan fingerprint density at radius 1 is 1.33 bits per heavy atom. The summed E-state index contributed by atoms with van der Waals surface area (Å²) in [5.74, 6) is -0.946. The third kappa shape index (κ3) is 1.71. The van der Waals surface area contributed by atoms with Crippen LogP contribution in [-0.2, 0) is 0 Å². The highest BCUT2D eigenvalue weighted by Crippen LogP contribution is 2.21. The van der Waals surface area contributed by atoms with E-state index in [1.54, 1.807) is 18.3 Å². The average Bonchev–Trinajstić information content (AvgIpc) is 2.67. The smallest absolute Gasteiger partial charge is 0.269 e. The fourth-order valence-electron chi connectivity index (χ4n) is 1.33. The van der Waals surface area contributed by atoms with Gasteiger partial charge in [-0.3, -0.25) is 9.89 Å². The number of halogens is 1. The first-order valence-corrected chi connectivity index (χ1v) is 4.28. The fraction of sp³-hybridized carbons (Fsp3) is 0. The number of nitrogens with two attached hydrogens (primary N) is 1. The number of rotatable bonds is 2. The Bertz CT molecular complexity index is 490. The van der Waals surface area contributed by atoms with Crippen LogP contribution in [0.4, 0.5) is 4.39 Å². The number of aromatic amines is 1. The monoisotopic (exact) mass is 205 g/mol. The lowest BCUT2D eigenvalue weighted by atomic mass is 10.1. The molecule has 1 heterocycles. The molecule has 15 heavy (non-hydrogen) atoms.